The summed E-state index contributed by atoms with van der Waals surface area (Å²) < 4.78 is 0. The highest BCUT2D eigenvalue weighted by Gasteiger charge is 2.16. The Morgan fingerprint density at radius 2 is 2.31 bits per heavy atom. The van der Waals surface area contributed by atoms with Crippen molar-refractivity contribution in [2.75, 3.05) is 19.0 Å². The van der Waals surface area contributed by atoms with Crippen molar-refractivity contribution in [3.63, 3.8) is 0 Å². The van der Waals surface area contributed by atoms with Gasteiger partial charge in [-0.1, -0.05) is 0 Å². The van der Waals surface area contributed by atoms with E-state index in [2.05, 4.69) is 4.98 Å². The van der Waals surface area contributed by atoms with Crippen molar-refractivity contribution in [2.45, 2.75) is 12.8 Å². The van der Waals surface area contributed by atoms with Crippen LogP contribution in [0.4, 0.5) is 5.13 Å². The number of thiazole rings is 1. The van der Waals surface area contributed by atoms with Gasteiger partial charge in [-0.3, -0.25) is 4.79 Å². The van der Waals surface area contributed by atoms with Crippen LogP contribution in [0.5, 0.6) is 0 Å². The van der Waals surface area contributed by atoms with Crippen LogP contribution in [-0.2, 0) is 4.79 Å². The van der Waals surface area contributed by atoms with E-state index in [0.29, 0.717) is 0 Å². The monoisotopic (exact) mass is 200 g/mol. The largest absolute Gasteiger partial charge is 0.481 e. The minimum Gasteiger partial charge on any atom is -0.481 e. The first-order valence-electron chi connectivity index (χ1n) is 3.88. The lowest BCUT2D eigenvalue weighted by atomic mass is 10.2. The van der Waals surface area contributed by atoms with Crippen LogP contribution in [0.1, 0.15) is 17.7 Å². The van der Waals surface area contributed by atoms with E-state index in [9.17, 15) is 4.79 Å². The molecular weight excluding hydrogens is 188 g/mol. The van der Waals surface area contributed by atoms with E-state index in [0.717, 1.165) is 10.0 Å². The molecule has 0 fully saturated rings. The maximum absolute atomic E-state index is 10.6. The van der Waals surface area contributed by atoms with Crippen molar-refractivity contribution < 1.29 is 9.90 Å². The van der Waals surface area contributed by atoms with Crippen LogP contribution in [0.15, 0.2) is 6.20 Å². The van der Waals surface area contributed by atoms with Crippen LogP contribution in [0.3, 0.4) is 0 Å². The standard InChI is InChI=1S/C8H12N2O2S/c1-5(7(11)12)6-4-9-8(13-6)10(2)3/h4-5H,1-3H3,(H,11,12). The van der Waals surface area contributed by atoms with Crippen LogP contribution in [0.25, 0.3) is 0 Å². The summed E-state index contributed by atoms with van der Waals surface area (Å²) in [6.07, 6.45) is 1.62. The first-order chi connectivity index (χ1) is 6.02. The molecule has 0 aliphatic rings. The molecule has 1 heterocycles. The van der Waals surface area contributed by atoms with Gasteiger partial charge in [-0.15, -0.1) is 11.3 Å². The first-order valence-corrected chi connectivity index (χ1v) is 4.70. The van der Waals surface area contributed by atoms with Gasteiger partial charge in [-0.05, 0) is 6.92 Å². The Morgan fingerprint density at radius 1 is 1.69 bits per heavy atom. The van der Waals surface area contributed by atoms with Gasteiger partial charge >= 0.3 is 5.97 Å². The molecule has 0 spiro atoms. The third-order valence-corrected chi connectivity index (χ3v) is 3.04. The molecule has 4 nitrogen and oxygen atoms in total. The summed E-state index contributed by atoms with van der Waals surface area (Å²) in [6.45, 7) is 1.66. The third-order valence-electron chi connectivity index (χ3n) is 1.69. The van der Waals surface area contributed by atoms with Gasteiger partial charge in [-0.2, -0.15) is 0 Å². The van der Waals surface area contributed by atoms with Crippen molar-refractivity contribution in [1.29, 1.82) is 0 Å². The van der Waals surface area contributed by atoms with E-state index in [4.69, 9.17) is 5.11 Å². The number of anilines is 1. The minimum absolute atomic E-state index is 0.466. The number of hydrogen-bond acceptors (Lipinski definition) is 4. The number of carboxylic acids is 1. The molecule has 0 saturated carbocycles. The van der Waals surface area contributed by atoms with E-state index < -0.39 is 11.9 Å². The predicted octanol–water partition coefficient (Wildman–Crippen LogP) is 1.40. The molecule has 0 amide bonds. The van der Waals surface area contributed by atoms with Crippen LogP contribution in [0, 0.1) is 0 Å². The fourth-order valence-electron chi connectivity index (χ4n) is 0.806. The fraction of sp³-hybridized carbons (Fsp3) is 0.500. The van der Waals surface area contributed by atoms with E-state index in [1.165, 1.54) is 11.3 Å². The summed E-state index contributed by atoms with van der Waals surface area (Å²) in [5, 5.41) is 9.58. The Hall–Kier alpha value is -1.10. The Bertz CT molecular complexity index is 309. The number of aliphatic carboxylic acids is 1. The Balaban J connectivity index is 2.85. The number of nitrogens with zero attached hydrogens (tertiary/aromatic N) is 2. The summed E-state index contributed by atoms with van der Waals surface area (Å²) in [4.78, 5) is 17.4. The number of hydrogen-bond donors (Lipinski definition) is 1. The molecule has 1 rings (SSSR count). The molecule has 1 N–H and O–H groups in total. The van der Waals surface area contributed by atoms with Gasteiger partial charge < -0.3 is 10.0 Å². The highest BCUT2D eigenvalue weighted by Crippen LogP contribution is 2.26. The van der Waals surface area contributed by atoms with E-state index in [1.54, 1.807) is 13.1 Å². The molecule has 1 aromatic rings. The van der Waals surface area contributed by atoms with Gasteiger partial charge in [0.05, 0.1) is 5.92 Å². The maximum atomic E-state index is 10.6. The minimum atomic E-state index is -0.811. The lowest BCUT2D eigenvalue weighted by molar-refractivity contribution is -0.138. The van der Waals surface area contributed by atoms with Crippen molar-refractivity contribution >= 4 is 22.4 Å². The van der Waals surface area contributed by atoms with Crippen molar-refractivity contribution in [2.24, 2.45) is 0 Å². The summed E-state index contributed by atoms with van der Waals surface area (Å²) in [5.41, 5.74) is 0. The second-order valence-corrected chi connectivity index (χ2v) is 4.04. The molecule has 13 heavy (non-hydrogen) atoms. The van der Waals surface area contributed by atoms with Gasteiger partial charge in [0.25, 0.3) is 0 Å². The van der Waals surface area contributed by atoms with Gasteiger partial charge in [0.1, 0.15) is 0 Å². The van der Waals surface area contributed by atoms with Gasteiger partial charge in [-0.25, -0.2) is 4.98 Å². The molecule has 72 valence electrons. The molecule has 0 aliphatic heterocycles. The van der Waals surface area contributed by atoms with Crippen LogP contribution in [-0.4, -0.2) is 30.2 Å². The number of carboxylic acid groups (broad SMARTS) is 1. The Morgan fingerprint density at radius 3 is 2.69 bits per heavy atom. The van der Waals surface area contributed by atoms with Crippen molar-refractivity contribution in [3.05, 3.63) is 11.1 Å². The lowest BCUT2D eigenvalue weighted by Crippen LogP contribution is -2.07. The van der Waals surface area contributed by atoms with E-state index >= 15 is 0 Å². The molecule has 1 atom stereocenters. The Kier molecular flexibility index (Phi) is 2.87. The van der Waals surface area contributed by atoms with Crippen LogP contribution < -0.4 is 4.90 Å². The molecular formula is C8H12N2O2S. The second-order valence-electron chi connectivity index (χ2n) is 3.00. The number of carbonyl (C=O) groups is 1. The van der Waals surface area contributed by atoms with Gasteiger partial charge in [0.15, 0.2) is 5.13 Å². The lowest BCUT2D eigenvalue weighted by Gasteiger charge is -2.05. The van der Waals surface area contributed by atoms with Crippen molar-refractivity contribution in [3.8, 4) is 0 Å². The normalized spacial score (nSPS) is 12.5. The van der Waals surface area contributed by atoms with Crippen molar-refractivity contribution in [1.82, 2.24) is 4.98 Å². The topological polar surface area (TPSA) is 53.4 Å². The zero-order valence-corrected chi connectivity index (χ0v) is 8.63. The zero-order valence-electron chi connectivity index (χ0n) is 7.81. The van der Waals surface area contributed by atoms with E-state index in [-0.39, 0.29) is 0 Å². The number of rotatable bonds is 3. The second kappa shape index (κ2) is 3.74. The fourth-order valence-corrected chi connectivity index (χ4v) is 1.69. The molecule has 0 aliphatic carbocycles. The maximum Gasteiger partial charge on any atom is 0.311 e. The van der Waals surface area contributed by atoms with Crippen LogP contribution >= 0.6 is 11.3 Å². The predicted molar refractivity (Wildman–Crippen MR) is 52.5 cm³/mol. The average molecular weight is 200 g/mol. The van der Waals surface area contributed by atoms with Gasteiger partial charge in [0, 0.05) is 25.2 Å². The molecule has 0 radical (unpaired) electrons. The van der Waals surface area contributed by atoms with Crippen LogP contribution in [0.2, 0.25) is 0 Å². The van der Waals surface area contributed by atoms with Gasteiger partial charge in [0.2, 0.25) is 0 Å². The van der Waals surface area contributed by atoms with E-state index in [1.807, 2.05) is 19.0 Å². The molecule has 0 aromatic carbocycles. The SMILES string of the molecule is CC(C(=O)O)c1cnc(N(C)C)s1. The Labute approximate surface area is 80.8 Å². The average Bonchev–Trinajstić information content (AvgIpc) is 2.50. The summed E-state index contributed by atoms with van der Waals surface area (Å²) >= 11 is 1.41. The third kappa shape index (κ3) is 2.18. The summed E-state index contributed by atoms with van der Waals surface area (Å²) in [7, 11) is 3.77. The smallest absolute Gasteiger partial charge is 0.311 e. The summed E-state index contributed by atoms with van der Waals surface area (Å²) in [6, 6.07) is 0. The quantitative estimate of drug-likeness (QED) is 0.801. The molecule has 1 unspecified atom stereocenters. The highest BCUT2D eigenvalue weighted by atomic mass is 32.1. The first kappa shape index (κ1) is 9.98. The highest BCUT2D eigenvalue weighted by molar-refractivity contribution is 7.15. The number of aromatic nitrogens is 1. The molecule has 1 aromatic heterocycles. The molecule has 5 heteroatoms. The molecule has 0 saturated heterocycles. The zero-order chi connectivity index (χ0) is 10.0. The molecule has 0 bridgehead atoms. The summed E-state index contributed by atoms with van der Waals surface area (Å²) in [5.74, 6) is -1.28.